The molecule has 1 saturated heterocycles. The zero-order chi connectivity index (χ0) is 14.9. The predicted octanol–water partition coefficient (Wildman–Crippen LogP) is 2.12. The molecular formula is C13H20ClN3O2S. The fourth-order valence-electron chi connectivity index (χ4n) is 2.37. The molecule has 2 rings (SSSR count). The minimum absolute atomic E-state index is 0.168. The molecule has 20 heavy (non-hydrogen) atoms. The molecule has 0 N–H and O–H groups in total. The second kappa shape index (κ2) is 5.85. The van der Waals surface area contributed by atoms with Crippen LogP contribution in [0.15, 0.2) is 6.07 Å². The van der Waals surface area contributed by atoms with Crippen LogP contribution in [0.3, 0.4) is 0 Å². The highest BCUT2D eigenvalue weighted by atomic mass is 35.5. The predicted molar refractivity (Wildman–Crippen MR) is 81.2 cm³/mol. The summed E-state index contributed by atoms with van der Waals surface area (Å²) in [5, 5.41) is 0.421. The van der Waals surface area contributed by atoms with Gasteiger partial charge in [0, 0.05) is 25.6 Å². The Morgan fingerprint density at radius 3 is 2.70 bits per heavy atom. The molecule has 1 aromatic rings. The zero-order valence-corrected chi connectivity index (χ0v) is 13.6. The van der Waals surface area contributed by atoms with Gasteiger partial charge in [0.25, 0.3) is 0 Å². The first-order valence-corrected chi connectivity index (χ1v) is 8.93. The van der Waals surface area contributed by atoms with Crippen LogP contribution in [0.25, 0.3) is 0 Å². The average molecular weight is 318 g/mol. The molecule has 1 aromatic heterocycles. The third-order valence-corrected chi connectivity index (χ3v) is 5.50. The van der Waals surface area contributed by atoms with Crippen LogP contribution in [0.5, 0.6) is 0 Å². The molecule has 0 saturated carbocycles. The van der Waals surface area contributed by atoms with Crippen LogP contribution in [0, 0.1) is 5.92 Å². The molecular weight excluding hydrogens is 298 g/mol. The highest BCUT2D eigenvalue weighted by molar-refractivity contribution is 7.91. The van der Waals surface area contributed by atoms with E-state index in [1.165, 1.54) is 0 Å². The topological polar surface area (TPSA) is 63.2 Å². The smallest absolute Gasteiger partial charge is 0.150 e. The molecule has 1 fully saturated rings. The number of nitrogens with zero attached hydrogens (tertiary/aromatic N) is 3. The Morgan fingerprint density at radius 1 is 1.45 bits per heavy atom. The van der Waals surface area contributed by atoms with E-state index in [0.717, 1.165) is 12.2 Å². The average Bonchev–Trinajstić information content (AvgIpc) is 2.67. The Hall–Kier alpha value is -0.880. The van der Waals surface area contributed by atoms with Gasteiger partial charge in [-0.15, -0.1) is 0 Å². The molecule has 7 heteroatoms. The second-order valence-corrected chi connectivity index (χ2v) is 8.33. The standard InChI is InChI=1S/C13H20ClN3O2S/c1-9(2)13-15-11(14)6-12(16-13)17(3)7-10-4-5-20(18,19)8-10/h6,9-10H,4-5,7-8H2,1-3H3. The first-order chi connectivity index (χ1) is 9.27. The van der Waals surface area contributed by atoms with Gasteiger partial charge in [0.15, 0.2) is 9.84 Å². The van der Waals surface area contributed by atoms with E-state index in [9.17, 15) is 8.42 Å². The maximum Gasteiger partial charge on any atom is 0.150 e. The second-order valence-electron chi connectivity index (χ2n) is 5.71. The van der Waals surface area contributed by atoms with Crippen molar-refractivity contribution in [2.24, 2.45) is 5.92 Å². The van der Waals surface area contributed by atoms with E-state index in [0.29, 0.717) is 23.3 Å². The van der Waals surface area contributed by atoms with Crippen molar-refractivity contribution in [1.82, 2.24) is 9.97 Å². The van der Waals surface area contributed by atoms with Gasteiger partial charge >= 0.3 is 0 Å². The Balaban J connectivity index is 2.11. The number of halogens is 1. The van der Waals surface area contributed by atoms with Crippen molar-refractivity contribution in [3.05, 3.63) is 17.0 Å². The van der Waals surface area contributed by atoms with E-state index in [1.807, 2.05) is 25.8 Å². The Labute approximate surface area is 125 Å². The van der Waals surface area contributed by atoms with Crippen LogP contribution in [0.1, 0.15) is 32.0 Å². The van der Waals surface area contributed by atoms with Crippen molar-refractivity contribution in [2.75, 3.05) is 30.0 Å². The summed E-state index contributed by atoms with van der Waals surface area (Å²) in [4.78, 5) is 10.7. The first-order valence-electron chi connectivity index (χ1n) is 6.73. The number of hydrogen-bond donors (Lipinski definition) is 0. The third-order valence-electron chi connectivity index (χ3n) is 3.46. The highest BCUT2D eigenvalue weighted by Gasteiger charge is 2.29. The van der Waals surface area contributed by atoms with Gasteiger partial charge in [-0.3, -0.25) is 0 Å². The first kappa shape index (κ1) is 15.5. The largest absolute Gasteiger partial charge is 0.359 e. The molecule has 1 aliphatic rings. The summed E-state index contributed by atoms with van der Waals surface area (Å²) in [6.07, 6.45) is 0.725. The number of sulfone groups is 1. The van der Waals surface area contributed by atoms with Crippen molar-refractivity contribution < 1.29 is 8.42 Å². The minimum atomic E-state index is -2.84. The highest BCUT2D eigenvalue weighted by Crippen LogP contribution is 2.23. The van der Waals surface area contributed by atoms with Gasteiger partial charge in [-0.25, -0.2) is 18.4 Å². The zero-order valence-electron chi connectivity index (χ0n) is 12.0. The van der Waals surface area contributed by atoms with E-state index in [4.69, 9.17) is 11.6 Å². The van der Waals surface area contributed by atoms with Gasteiger partial charge in [-0.2, -0.15) is 0 Å². The fourth-order valence-corrected chi connectivity index (χ4v) is 4.41. The van der Waals surface area contributed by atoms with Crippen LogP contribution < -0.4 is 4.90 Å². The summed E-state index contributed by atoms with van der Waals surface area (Å²) in [5.41, 5.74) is 0. The quantitative estimate of drug-likeness (QED) is 0.796. The molecule has 0 aromatic carbocycles. The molecule has 1 atom stereocenters. The summed E-state index contributed by atoms with van der Waals surface area (Å²) in [6, 6.07) is 1.72. The number of hydrogen-bond acceptors (Lipinski definition) is 5. The fraction of sp³-hybridized carbons (Fsp3) is 0.692. The molecule has 0 amide bonds. The lowest BCUT2D eigenvalue weighted by Crippen LogP contribution is -2.27. The van der Waals surface area contributed by atoms with Crippen LogP contribution in [-0.4, -0.2) is 43.5 Å². The molecule has 0 aliphatic carbocycles. The van der Waals surface area contributed by atoms with E-state index in [-0.39, 0.29) is 17.6 Å². The lowest BCUT2D eigenvalue weighted by Gasteiger charge is -2.22. The molecule has 1 aliphatic heterocycles. The van der Waals surface area contributed by atoms with Crippen LogP contribution in [-0.2, 0) is 9.84 Å². The Kier molecular flexibility index (Phi) is 4.54. The number of anilines is 1. The van der Waals surface area contributed by atoms with Crippen molar-refractivity contribution in [3.8, 4) is 0 Å². The maximum absolute atomic E-state index is 11.5. The van der Waals surface area contributed by atoms with Gasteiger partial charge in [0.05, 0.1) is 11.5 Å². The Bertz CT molecular complexity index is 589. The summed E-state index contributed by atoms with van der Waals surface area (Å²) < 4.78 is 23.0. The summed E-state index contributed by atoms with van der Waals surface area (Å²) in [6.45, 7) is 4.70. The van der Waals surface area contributed by atoms with Gasteiger partial charge in [-0.1, -0.05) is 25.4 Å². The lowest BCUT2D eigenvalue weighted by atomic mass is 10.1. The van der Waals surface area contributed by atoms with Gasteiger partial charge in [0.1, 0.15) is 16.8 Å². The molecule has 112 valence electrons. The van der Waals surface area contributed by atoms with Gasteiger partial charge in [0.2, 0.25) is 0 Å². The van der Waals surface area contributed by atoms with Crippen molar-refractivity contribution in [1.29, 1.82) is 0 Å². The number of rotatable bonds is 4. The normalized spacial score (nSPS) is 21.4. The van der Waals surface area contributed by atoms with E-state index in [1.54, 1.807) is 6.07 Å². The number of aromatic nitrogens is 2. The van der Waals surface area contributed by atoms with E-state index in [2.05, 4.69) is 9.97 Å². The van der Waals surface area contributed by atoms with E-state index < -0.39 is 9.84 Å². The maximum atomic E-state index is 11.5. The van der Waals surface area contributed by atoms with Crippen molar-refractivity contribution in [2.45, 2.75) is 26.2 Å². The van der Waals surface area contributed by atoms with E-state index >= 15 is 0 Å². The van der Waals surface area contributed by atoms with Gasteiger partial charge < -0.3 is 4.90 Å². The molecule has 2 heterocycles. The lowest BCUT2D eigenvalue weighted by molar-refractivity contribution is 0.579. The van der Waals surface area contributed by atoms with Crippen LogP contribution in [0.4, 0.5) is 5.82 Å². The molecule has 0 bridgehead atoms. The van der Waals surface area contributed by atoms with Crippen LogP contribution in [0.2, 0.25) is 5.15 Å². The SMILES string of the molecule is CC(C)c1nc(Cl)cc(N(C)CC2CCS(=O)(=O)C2)n1. The summed E-state index contributed by atoms with van der Waals surface area (Å²) >= 11 is 6.03. The molecule has 5 nitrogen and oxygen atoms in total. The van der Waals surface area contributed by atoms with Crippen LogP contribution >= 0.6 is 11.6 Å². The minimum Gasteiger partial charge on any atom is -0.359 e. The van der Waals surface area contributed by atoms with Crippen molar-refractivity contribution in [3.63, 3.8) is 0 Å². The summed E-state index contributed by atoms with van der Waals surface area (Å²) in [7, 11) is -0.928. The van der Waals surface area contributed by atoms with Gasteiger partial charge in [-0.05, 0) is 12.3 Å². The summed E-state index contributed by atoms with van der Waals surface area (Å²) in [5.74, 6) is 2.39. The van der Waals surface area contributed by atoms with Crippen molar-refractivity contribution >= 4 is 27.3 Å². The Morgan fingerprint density at radius 2 is 2.15 bits per heavy atom. The molecule has 1 unspecified atom stereocenters. The molecule has 0 spiro atoms. The third kappa shape index (κ3) is 3.82. The molecule has 0 radical (unpaired) electrons. The monoisotopic (exact) mass is 317 g/mol.